The summed E-state index contributed by atoms with van der Waals surface area (Å²) in [5.74, 6) is -0.385. The quantitative estimate of drug-likeness (QED) is 0.853. The number of sulfonamides is 1. The van der Waals surface area contributed by atoms with Crippen molar-refractivity contribution in [2.24, 2.45) is 0 Å². The first-order valence-electron chi connectivity index (χ1n) is 7.45. The SMILES string of the molecule is CCN(CC(=O)Nc1ccccc1C)S(=O)(=O)c1ccc(Cl)cc1. The molecule has 7 heteroatoms. The van der Waals surface area contributed by atoms with E-state index in [1.54, 1.807) is 13.0 Å². The molecule has 0 saturated carbocycles. The van der Waals surface area contributed by atoms with Crippen molar-refractivity contribution in [3.8, 4) is 0 Å². The smallest absolute Gasteiger partial charge is 0.243 e. The number of benzene rings is 2. The van der Waals surface area contributed by atoms with Gasteiger partial charge < -0.3 is 5.32 Å². The van der Waals surface area contributed by atoms with Crippen molar-refractivity contribution in [3.63, 3.8) is 0 Å². The lowest BCUT2D eigenvalue weighted by atomic mass is 10.2. The van der Waals surface area contributed by atoms with Gasteiger partial charge in [-0.2, -0.15) is 4.31 Å². The van der Waals surface area contributed by atoms with Gasteiger partial charge in [0.2, 0.25) is 15.9 Å². The summed E-state index contributed by atoms with van der Waals surface area (Å²) in [5.41, 5.74) is 1.58. The van der Waals surface area contributed by atoms with Gasteiger partial charge >= 0.3 is 0 Å². The van der Waals surface area contributed by atoms with Gasteiger partial charge in [-0.15, -0.1) is 0 Å². The predicted octanol–water partition coefficient (Wildman–Crippen LogP) is 3.30. The lowest BCUT2D eigenvalue weighted by molar-refractivity contribution is -0.116. The zero-order valence-electron chi connectivity index (χ0n) is 13.5. The van der Waals surface area contributed by atoms with E-state index in [2.05, 4.69) is 5.32 Å². The maximum Gasteiger partial charge on any atom is 0.243 e. The number of carbonyl (C=O) groups excluding carboxylic acids is 1. The van der Waals surface area contributed by atoms with Crippen molar-refractivity contribution < 1.29 is 13.2 Å². The number of para-hydroxylation sites is 1. The number of amides is 1. The monoisotopic (exact) mass is 366 g/mol. The average Bonchev–Trinajstić information content (AvgIpc) is 2.55. The van der Waals surface area contributed by atoms with Crippen molar-refractivity contribution in [3.05, 3.63) is 59.1 Å². The summed E-state index contributed by atoms with van der Waals surface area (Å²) < 4.78 is 26.4. The fourth-order valence-electron chi connectivity index (χ4n) is 2.19. The highest BCUT2D eigenvalue weighted by molar-refractivity contribution is 7.89. The van der Waals surface area contributed by atoms with E-state index in [0.29, 0.717) is 10.7 Å². The van der Waals surface area contributed by atoms with E-state index >= 15 is 0 Å². The number of likely N-dealkylation sites (N-methyl/N-ethyl adjacent to an activating group) is 1. The van der Waals surface area contributed by atoms with Crippen LogP contribution in [0.1, 0.15) is 12.5 Å². The maximum atomic E-state index is 12.6. The zero-order valence-corrected chi connectivity index (χ0v) is 15.1. The zero-order chi connectivity index (χ0) is 17.7. The molecule has 0 aliphatic carbocycles. The number of hydrogen-bond donors (Lipinski definition) is 1. The number of nitrogens with zero attached hydrogens (tertiary/aromatic N) is 1. The van der Waals surface area contributed by atoms with E-state index in [0.717, 1.165) is 9.87 Å². The number of rotatable bonds is 6. The third-order valence-electron chi connectivity index (χ3n) is 3.54. The van der Waals surface area contributed by atoms with Crippen LogP contribution in [0.5, 0.6) is 0 Å². The number of hydrogen-bond acceptors (Lipinski definition) is 3. The molecule has 1 amide bonds. The molecular formula is C17H19ClN2O3S. The van der Waals surface area contributed by atoms with E-state index in [1.165, 1.54) is 24.3 Å². The van der Waals surface area contributed by atoms with E-state index in [-0.39, 0.29) is 23.9 Å². The molecule has 0 aliphatic heterocycles. The lowest BCUT2D eigenvalue weighted by Gasteiger charge is -2.20. The topological polar surface area (TPSA) is 66.5 Å². The molecule has 0 radical (unpaired) electrons. The number of carbonyl (C=O) groups is 1. The van der Waals surface area contributed by atoms with Gasteiger partial charge in [-0.1, -0.05) is 36.7 Å². The van der Waals surface area contributed by atoms with Gasteiger partial charge in [-0.3, -0.25) is 4.79 Å². The molecule has 24 heavy (non-hydrogen) atoms. The Morgan fingerprint density at radius 3 is 2.33 bits per heavy atom. The van der Waals surface area contributed by atoms with Crippen LogP contribution >= 0.6 is 11.6 Å². The molecular weight excluding hydrogens is 348 g/mol. The third-order valence-corrected chi connectivity index (χ3v) is 5.73. The van der Waals surface area contributed by atoms with Gasteiger partial charge in [0.25, 0.3) is 0 Å². The highest BCUT2D eigenvalue weighted by Gasteiger charge is 2.25. The Kier molecular flexibility index (Phi) is 5.99. The molecule has 0 aliphatic rings. The molecule has 5 nitrogen and oxygen atoms in total. The number of aryl methyl sites for hydroxylation is 1. The molecule has 2 aromatic carbocycles. The van der Waals surface area contributed by atoms with Crippen LogP contribution < -0.4 is 5.32 Å². The Balaban J connectivity index is 2.15. The minimum Gasteiger partial charge on any atom is -0.325 e. The normalized spacial score (nSPS) is 11.5. The first-order chi connectivity index (χ1) is 11.3. The lowest BCUT2D eigenvalue weighted by Crippen LogP contribution is -2.37. The number of halogens is 1. The molecule has 0 spiro atoms. The first kappa shape index (κ1) is 18.4. The Hall–Kier alpha value is -1.89. The number of anilines is 1. The molecule has 128 valence electrons. The third kappa shape index (κ3) is 4.35. The van der Waals surface area contributed by atoms with Crippen molar-refractivity contribution in [1.82, 2.24) is 4.31 Å². The molecule has 0 saturated heterocycles. The van der Waals surface area contributed by atoms with Crippen LogP contribution in [0.2, 0.25) is 5.02 Å². The van der Waals surface area contributed by atoms with Gasteiger partial charge in [0.15, 0.2) is 0 Å². The van der Waals surface area contributed by atoms with Gasteiger partial charge in [-0.05, 0) is 42.8 Å². The molecule has 1 N–H and O–H groups in total. The van der Waals surface area contributed by atoms with Crippen LogP contribution in [0.25, 0.3) is 0 Å². The minimum absolute atomic E-state index is 0.109. The molecule has 2 rings (SSSR count). The second kappa shape index (κ2) is 7.79. The standard InChI is InChI=1S/C17H19ClN2O3S/c1-3-20(24(22,23)15-10-8-14(18)9-11-15)12-17(21)19-16-7-5-4-6-13(16)2/h4-11H,3,12H2,1-2H3,(H,19,21). The van der Waals surface area contributed by atoms with Gasteiger partial charge in [0, 0.05) is 17.3 Å². The second-order valence-corrected chi connectivity index (χ2v) is 7.62. The Bertz CT molecular complexity index is 820. The summed E-state index contributed by atoms with van der Waals surface area (Å²) >= 11 is 5.79. The van der Waals surface area contributed by atoms with E-state index < -0.39 is 10.0 Å². The molecule has 0 bridgehead atoms. The van der Waals surface area contributed by atoms with Gasteiger partial charge in [0.1, 0.15) is 0 Å². The van der Waals surface area contributed by atoms with Gasteiger partial charge in [0.05, 0.1) is 11.4 Å². The molecule has 0 aromatic heterocycles. The summed E-state index contributed by atoms with van der Waals surface area (Å²) in [7, 11) is -3.75. The van der Waals surface area contributed by atoms with Crippen molar-refractivity contribution in [1.29, 1.82) is 0 Å². The van der Waals surface area contributed by atoms with Crippen LogP contribution in [-0.4, -0.2) is 31.7 Å². The van der Waals surface area contributed by atoms with Crippen LogP contribution in [0.4, 0.5) is 5.69 Å². The number of nitrogens with one attached hydrogen (secondary N) is 1. The predicted molar refractivity (Wildman–Crippen MR) is 95.7 cm³/mol. The Morgan fingerprint density at radius 1 is 1.12 bits per heavy atom. The van der Waals surface area contributed by atoms with Crippen molar-refractivity contribution >= 4 is 33.2 Å². The fraction of sp³-hybridized carbons (Fsp3) is 0.235. The fourth-order valence-corrected chi connectivity index (χ4v) is 3.72. The van der Waals surface area contributed by atoms with Crippen LogP contribution in [0, 0.1) is 6.92 Å². The molecule has 2 aromatic rings. The molecule has 0 fully saturated rings. The maximum absolute atomic E-state index is 12.6. The molecule has 0 unspecified atom stereocenters. The largest absolute Gasteiger partial charge is 0.325 e. The summed E-state index contributed by atoms with van der Waals surface area (Å²) in [4.78, 5) is 12.3. The van der Waals surface area contributed by atoms with Crippen LogP contribution in [0.3, 0.4) is 0 Å². The molecule has 0 heterocycles. The summed E-state index contributed by atoms with van der Waals surface area (Å²) in [5, 5.41) is 3.19. The van der Waals surface area contributed by atoms with E-state index in [1.807, 2.05) is 25.1 Å². The van der Waals surface area contributed by atoms with Crippen molar-refractivity contribution in [2.45, 2.75) is 18.7 Å². The summed E-state index contributed by atoms with van der Waals surface area (Å²) in [6, 6.07) is 13.2. The van der Waals surface area contributed by atoms with E-state index in [9.17, 15) is 13.2 Å². The Labute approximate surface area is 147 Å². The highest BCUT2D eigenvalue weighted by Crippen LogP contribution is 2.19. The summed E-state index contributed by atoms with van der Waals surface area (Å²) in [6.07, 6.45) is 0. The van der Waals surface area contributed by atoms with Gasteiger partial charge in [-0.25, -0.2) is 8.42 Å². The second-order valence-electron chi connectivity index (χ2n) is 5.25. The highest BCUT2D eigenvalue weighted by atomic mass is 35.5. The first-order valence-corrected chi connectivity index (χ1v) is 9.27. The average molecular weight is 367 g/mol. The van der Waals surface area contributed by atoms with Crippen molar-refractivity contribution in [2.75, 3.05) is 18.4 Å². The summed E-state index contributed by atoms with van der Waals surface area (Å²) in [6.45, 7) is 3.49. The van der Waals surface area contributed by atoms with Crippen LogP contribution in [-0.2, 0) is 14.8 Å². The molecule has 0 atom stereocenters. The minimum atomic E-state index is -3.75. The van der Waals surface area contributed by atoms with Crippen LogP contribution in [0.15, 0.2) is 53.4 Å². The Morgan fingerprint density at radius 2 is 1.75 bits per heavy atom. The van der Waals surface area contributed by atoms with E-state index in [4.69, 9.17) is 11.6 Å².